The normalized spacial score (nSPS) is 11.6. The van der Waals surface area contributed by atoms with Crippen molar-refractivity contribution >= 4 is 38.9 Å². The van der Waals surface area contributed by atoms with Gasteiger partial charge in [-0.1, -0.05) is 20.8 Å². The molecule has 0 fully saturated rings. The summed E-state index contributed by atoms with van der Waals surface area (Å²) in [6, 6.07) is 5.98. The highest BCUT2D eigenvalue weighted by Crippen LogP contribution is 2.23. The molecule has 2 aromatic heterocycles. The molecule has 2 rings (SSSR count). The van der Waals surface area contributed by atoms with Gasteiger partial charge in [0.2, 0.25) is 0 Å². The van der Waals surface area contributed by atoms with Crippen molar-refractivity contribution in [1.82, 2.24) is 9.97 Å². The maximum Gasteiger partial charge on any atom is 0.138 e. The Balaban J connectivity index is 2.00. The van der Waals surface area contributed by atoms with E-state index in [1.54, 1.807) is 17.4 Å². The maximum atomic E-state index is 5.85. The predicted octanol–water partition coefficient (Wildman–Crippen LogP) is 3.83. The number of hydrogen-bond donors (Lipinski definition) is 2. The second-order valence-electron chi connectivity index (χ2n) is 5.63. The fraction of sp³-hybridized carbons (Fsp3) is 0.429. The van der Waals surface area contributed by atoms with Crippen molar-refractivity contribution in [2.45, 2.75) is 32.6 Å². The van der Waals surface area contributed by atoms with Gasteiger partial charge in [-0.3, -0.25) is 0 Å². The molecule has 0 saturated heterocycles. The van der Waals surface area contributed by atoms with Crippen LogP contribution in [-0.2, 0) is 11.8 Å². The third-order valence-electron chi connectivity index (χ3n) is 2.72. The highest BCUT2D eigenvalue weighted by molar-refractivity contribution is 9.11. The van der Waals surface area contributed by atoms with Crippen LogP contribution in [0.3, 0.4) is 0 Å². The summed E-state index contributed by atoms with van der Waals surface area (Å²) in [7, 11) is 0. The molecular weight excluding hydrogens is 336 g/mol. The number of hydrogen-bond acceptors (Lipinski definition) is 5. The van der Waals surface area contributed by atoms with Gasteiger partial charge in [0.05, 0.1) is 3.79 Å². The Labute approximate surface area is 132 Å². The first kappa shape index (κ1) is 15.3. The molecule has 0 aliphatic heterocycles. The summed E-state index contributed by atoms with van der Waals surface area (Å²) < 4.78 is 1.16. The second kappa shape index (κ2) is 6.10. The van der Waals surface area contributed by atoms with Gasteiger partial charge in [-0.25, -0.2) is 9.97 Å². The van der Waals surface area contributed by atoms with Crippen LogP contribution in [0.4, 0.5) is 11.6 Å². The largest absolute Gasteiger partial charge is 0.384 e. The Kier molecular flexibility index (Phi) is 4.65. The molecule has 3 N–H and O–H groups in total. The van der Waals surface area contributed by atoms with Crippen LogP contribution in [0.25, 0.3) is 0 Å². The molecule has 0 unspecified atom stereocenters. The van der Waals surface area contributed by atoms with Crippen LogP contribution in [-0.4, -0.2) is 16.5 Å². The molecule has 0 saturated carbocycles. The van der Waals surface area contributed by atoms with Crippen molar-refractivity contribution in [3.05, 3.63) is 32.7 Å². The fourth-order valence-electron chi connectivity index (χ4n) is 1.69. The first-order chi connectivity index (χ1) is 9.34. The lowest BCUT2D eigenvalue weighted by Gasteiger charge is -2.18. The number of aromatic nitrogens is 2. The topological polar surface area (TPSA) is 63.8 Å². The third-order valence-corrected chi connectivity index (χ3v) is 4.41. The van der Waals surface area contributed by atoms with Gasteiger partial charge in [0, 0.05) is 22.9 Å². The molecule has 0 radical (unpaired) electrons. The van der Waals surface area contributed by atoms with E-state index in [1.165, 1.54) is 4.88 Å². The van der Waals surface area contributed by atoms with Crippen molar-refractivity contribution in [1.29, 1.82) is 0 Å². The van der Waals surface area contributed by atoms with Crippen molar-refractivity contribution < 1.29 is 0 Å². The minimum absolute atomic E-state index is 0.107. The minimum Gasteiger partial charge on any atom is -0.384 e. The maximum absolute atomic E-state index is 5.85. The number of nitrogens with one attached hydrogen (secondary N) is 1. The van der Waals surface area contributed by atoms with Gasteiger partial charge in [0.25, 0.3) is 0 Å². The number of nitrogens with two attached hydrogens (primary N) is 1. The average Bonchev–Trinajstić information content (AvgIpc) is 2.73. The first-order valence-corrected chi connectivity index (χ1v) is 8.08. The first-order valence-electron chi connectivity index (χ1n) is 6.48. The van der Waals surface area contributed by atoms with Crippen molar-refractivity contribution in [2.75, 3.05) is 17.6 Å². The lowest BCUT2D eigenvalue weighted by Crippen LogP contribution is -2.18. The van der Waals surface area contributed by atoms with Crippen LogP contribution < -0.4 is 11.1 Å². The summed E-state index contributed by atoms with van der Waals surface area (Å²) in [6.45, 7) is 7.06. The number of thiophene rings is 1. The molecule has 0 spiro atoms. The number of anilines is 2. The number of nitrogen functional groups attached to an aromatic ring is 1. The van der Waals surface area contributed by atoms with Gasteiger partial charge >= 0.3 is 0 Å². The molecule has 0 aliphatic rings. The van der Waals surface area contributed by atoms with Gasteiger partial charge in [-0.05, 0) is 34.5 Å². The van der Waals surface area contributed by atoms with Crippen molar-refractivity contribution in [2.24, 2.45) is 0 Å². The van der Waals surface area contributed by atoms with Crippen molar-refractivity contribution in [3.63, 3.8) is 0 Å². The minimum atomic E-state index is -0.107. The van der Waals surface area contributed by atoms with Crippen molar-refractivity contribution in [3.8, 4) is 0 Å². The number of halogens is 1. The highest BCUT2D eigenvalue weighted by atomic mass is 79.9. The van der Waals surface area contributed by atoms with Crippen LogP contribution >= 0.6 is 27.3 Å². The summed E-state index contributed by atoms with van der Waals surface area (Å²) in [5.41, 5.74) is 5.74. The van der Waals surface area contributed by atoms with Gasteiger partial charge in [0.1, 0.15) is 17.5 Å². The Morgan fingerprint density at radius 2 is 2.05 bits per heavy atom. The van der Waals surface area contributed by atoms with Crippen LogP contribution in [0.5, 0.6) is 0 Å². The summed E-state index contributed by atoms with van der Waals surface area (Å²) in [6.07, 6.45) is 0.963. The third kappa shape index (κ3) is 4.18. The van der Waals surface area contributed by atoms with Crippen LogP contribution in [0.15, 0.2) is 22.0 Å². The molecule has 6 heteroatoms. The molecule has 108 valence electrons. The zero-order valence-electron chi connectivity index (χ0n) is 11.9. The zero-order chi connectivity index (χ0) is 14.8. The molecule has 2 heterocycles. The van der Waals surface area contributed by atoms with E-state index in [1.807, 2.05) is 0 Å². The molecular formula is C14H19BrN4S. The van der Waals surface area contributed by atoms with E-state index < -0.39 is 0 Å². The molecule has 4 nitrogen and oxygen atoms in total. The molecule has 2 aromatic rings. The smallest absolute Gasteiger partial charge is 0.138 e. The lowest BCUT2D eigenvalue weighted by atomic mass is 9.96. The molecule has 0 atom stereocenters. The van der Waals surface area contributed by atoms with E-state index in [9.17, 15) is 0 Å². The summed E-state index contributed by atoms with van der Waals surface area (Å²) >= 11 is 5.22. The van der Waals surface area contributed by atoms with Crippen LogP contribution in [0.2, 0.25) is 0 Å². The van der Waals surface area contributed by atoms with Gasteiger partial charge in [-0.2, -0.15) is 0 Å². The number of rotatable bonds is 4. The number of nitrogens with zero attached hydrogens (tertiary/aromatic N) is 2. The molecule has 0 aliphatic carbocycles. The van der Waals surface area contributed by atoms with Crippen LogP contribution in [0, 0.1) is 0 Å². The quantitative estimate of drug-likeness (QED) is 0.875. The zero-order valence-corrected chi connectivity index (χ0v) is 14.3. The van der Waals surface area contributed by atoms with E-state index in [2.05, 4.69) is 64.1 Å². The fourth-order valence-corrected chi connectivity index (χ4v) is 3.17. The van der Waals surface area contributed by atoms with Gasteiger partial charge in [0.15, 0.2) is 0 Å². The summed E-state index contributed by atoms with van der Waals surface area (Å²) in [5.74, 6) is 2.06. The lowest BCUT2D eigenvalue weighted by molar-refractivity contribution is 0.547. The summed E-state index contributed by atoms with van der Waals surface area (Å²) in [5, 5.41) is 3.32. The molecule has 0 bridgehead atoms. The molecule has 20 heavy (non-hydrogen) atoms. The average molecular weight is 355 g/mol. The standard InChI is InChI=1S/C14H19BrN4S/c1-14(2,3)13-18-11(16)8-12(19-13)17-7-6-9-4-5-10(15)20-9/h4-5,8H,6-7H2,1-3H3,(H3,16,17,18,19). The van der Waals surface area contributed by atoms with Crippen LogP contribution in [0.1, 0.15) is 31.5 Å². The highest BCUT2D eigenvalue weighted by Gasteiger charge is 2.18. The molecule has 0 amide bonds. The van der Waals surface area contributed by atoms with Gasteiger partial charge in [-0.15, -0.1) is 11.3 Å². The van der Waals surface area contributed by atoms with E-state index in [-0.39, 0.29) is 5.41 Å². The van der Waals surface area contributed by atoms with E-state index >= 15 is 0 Å². The molecule has 0 aromatic carbocycles. The Morgan fingerprint density at radius 1 is 1.30 bits per heavy atom. The van der Waals surface area contributed by atoms with E-state index in [0.717, 1.165) is 28.4 Å². The SMILES string of the molecule is CC(C)(C)c1nc(N)cc(NCCc2ccc(Br)s2)n1. The Morgan fingerprint density at radius 3 is 2.65 bits per heavy atom. The van der Waals surface area contributed by atoms with E-state index in [4.69, 9.17) is 5.73 Å². The monoisotopic (exact) mass is 354 g/mol. The second-order valence-corrected chi connectivity index (χ2v) is 8.18. The van der Waals surface area contributed by atoms with Gasteiger partial charge < -0.3 is 11.1 Å². The summed E-state index contributed by atoms with van der Waals surface area (Å²) in [4.78, 5) is 10.2. The Bertz CT molecular complexity index is 589. The predicted molar refractivity (Wildman–Crippen MR) is 89.4 cm³/mol. The Hall–Kier alpha value is -1.14. The van der Waals surface area contributed by atoms with E-state index in [0.29, 0.717) is 5.82 Å².